The molecule has 1 aliphatic heterocycles. The summed E-state index contributed by atoms with van der Waals surface area (Å²) in [6.07, 6.45) is 0. The number of likely N-dealkylation sites (N-methyl/N-ethyl adjacent to an activating group) is 1. The average Bonchev–Trinajstić information content (AvgIpc) is 2.95. The number of carbonyl (C=O) groups excluding carboxylic acids is 6. The summed E-state index contributed by atoms with van der Waals surface area (Å²) in [5.41, 5.74) is -0.640. The number of carbonyl (C=O) groups is 7. The molecule has 1 aromatic carbocycles. The predicted molar refractivity (Wildman–Crippen MR) is 161 cm³/mol. The summed E-state index contributed by atoms with van der Waals surface area (Å²) >= 11 is 0. The molecule has 1 saturated heterocycles. The SMILES string of the molecule is CC(C)[C@H](NC(=O)[C@H](C)NC(=O)[C@@H](NC(=O)c1ccc(C(=O)O)cc1)C(C)(C)C)C(=O)C(=O)NCC(=O)N1CCN(C)CC1. The zero-order valence-electron chi connectivity index (χ0n) is 26.4. The summed E-state index contributed by atoms with van der Waals surface area (Å²) in [7, 11) is 1.95. The Bertz CT molecular complexity index is 1250. The van der Waals surface area contributed by atoms with Crippen LogP contribution in [-0.2, 0) is 24.0 Å². The molecule has 14 nitrogen and oxygen atoms in total. The summed E-state index contributed by atoms with van der Waals surface area (Å²) in [6, 6.07) is 1.75. The summed E-state index contributed by atoms with van der Waals surface area (Å²) in [4.78, 5) is 91.8. The van der Waals surface area contributed by atoms with Gasteiger partial charge < -0.3 is 36.2 Å². The molecule has 3 atom stereocenters. The molecule has 0 bridgehead atoms. The van der Waals surface area contributed by atoms with E-state index < -0.39 is 64.8 Å². The highest BCUT2D eigenvalue weighted by Gasteiger charge is 2.36. The molecule has 1 fully saturated rings. The van der Waals surface area contributed by atoms with Crippen LogP contribution >= 0.6 is 0 Å². The van der Waals surface area contributed by atoms with Crippen molar-refractivity contribution in [2.45, 2.75) is 59.7 Å². The molecule has 0 radical (unpaired) electrons. The van der Waals surface area contributed by atoms with E-state index in [9.17, 15) is 33.6 Å². The van der Waals surface area contributed by atoms with Crippen LogP contribution in [0.3, 0.4) is 0 Å². The molecule has 5 amide bonds. The lowest BCUT2D eigenvalue weighted by atomic mass is 9.85. The number of benzene rings is 1. The third kappa shape index (κ3) is 10.1. The first-order valence-electron chi connectivity index (χ1n) is 14.5. The minimum atomic E-state index is -1.22. The lowest BCUT2D eigenvalue weighted by molar-refractivity contribution is -0.142. The number of hydrogen-bond donors (Lipinski definition) is 5. The summed E-state index contributed by atoms with van der Waals surface area (Å²) in [6.45, 7) is 12.0. The lowest BCUT2D eigenvalue weighted by Gasteiger charge is -2.32. The second kappa shape index (κ2) is 15.4. The average molecular weight is 617 g/mol. The van der Waals surface area contributed by atoms with Crippen molar-refractivity contribution in [3.05, 3.63) is 35.4 Å². The van der Waals surface area contributed by atoms with Gasteiger partial charge >= 0.3 is 5.97 Å². The molecule has 0 aliphatic carbocycles. The minimum Gasteiger partial charge on any atom is -0.478 e. The molecule has 14 heteroatoms. The van der Waals surface area contributed by atoms with Crippen LogP contribution < -0.4 is 21.3 Å². The van der Waals surface area contributed by atoms with E-state index in [1.54, 1.807) is 39.5 Å². The number of piperazine rings is 1. The number of nitrogens with one attached hydrogen (secondary N) is 4. The Morgan fingerprint density at radius 3 is 1.86 bits per heavy atom. The second-order valence-electron chi connectivity index (χ2n) is 12.3. The van der Waals surface area contributed by atoms with Gasteiger partial charge in [-0.25, -0.2) is 4.79 Å². The number of carboxylic acid groups (broad SMARTS) is 1. The van der Waals surface area contributed by atoms with Gasteiger partial charge in [-0.2, -0.15) is 0 Å². The number of ketones is 1. The van der Waals surface area contributed by atoms with Crippen LogP contribution in [0.5, 0.6) is 0 Å². The Labute approximate surface area is 257 Å². The molecule has 0 spiro atoms. The molecule has 0 saturated carbocycles. The van der Waals surface area contributed by atoms with Gasteiger partial charge in [0.2, 0.25) is 23.5 Å². The normalized spacial score (nSPS) is 15.9. The van der Waals surface area contributed by atoms with Gasteiger partial charge in [-0.05, 0) is 49.6 Å². The first-order valence-corrected chi connectivity index (χ1v) is 14.5. The third-order valence-corrected chi connectivity index (χ3v) is 7.28. The highest BCUT2D eigenvalue weighted by atomic mass is 16.4. The highest BCUT2D eigenvalue weighted by Crippen LogP contribution is 2.20. The monoisotopic (exact) mass is 616 g/mol. The number of amides is 5. The zero-order valence-corrected chi connectivity index (χ0v) is 26.4. The van der Waals surface area contributed by atoms with E-state index >= 15 is 0 Å². The Morgan fingerprint density at radius 2 is 1.36 bits per heavy atom. The first kappa shape index (κ1) is 35.9. The maximum absolute atomic E-state index is 13.2. The van der Waals surface area contributed by atoms with Crippen LogP contribution in [0.1, 0.15) is 62.3 Å². The van der Waals surface area contributed by atoms with Gasteiger partial charge in [-0.15, -0.1) is 0 Å². The van der Waals surface area contributed by atoms with E-state index in [1.165, 1.54) is 31.2 Å². The van der Waals surface area contributed by atoms with Crippen LogP contribution in [0.15, 0.2) is 24.3 Å². The molecule has 2 rings (SSSR count). The van der Waals surface area contributed by atoms with Crippen molar-refractivity contribution >= 4 is 41.3 Å². The largest absolute Gasteiger partial charge is 0.478 e. The number of rotatable bonds is 12. The maximum Gasteiger partial charge on any atom is 0.335 e. The van der Waals surface area contributed by atoms with Crippen molar-refractivity contribution in [3.63, 3.8) is 0 Å². The van der Waals surface area contributed by atoms with E-state index in [0.717, 1.165) is 0 Å². The van der Waals surface area contributed by atoms with Crippen LogP contribution in [-0.4, -0.2) is 114 Å². The van der Waals surface area contributed by atoms with E-state index in [0.29, 0.717) is 26.2 Å². The quantitative estimate of drug-likeness (QED) is 0.195. The van der Waals surface area contributed by atoms with Crippen molar-refractivity contribution in [3.8, 4) is 0 Å². The molecule has 0 unspecified atom stereocenters. The fourth-order valence-electron chi connectivity index (χ4n) is 4.38. The van der Waals surface area contributed by atoms with Crippen molar-refractivity contribution in [1.29, 1.82) is 0 Å². The Balaban J connectivity index is 2.00. The standard InChI is InChI=1S/C30H44N6O8/c1-17(2)22(23(38)27(41)31-16-21(37)36-14-12-35(7)13-15-36)33-25(39)18(3)32-28(42)24(30(4,5)6)34-26(40)19-8-10-20(11-9-19)29(43)44/h8-11,17-18,22,24H,12-16H2,1-7H3,(H,31,41)(H,32,42)(H,33,39)(H,34,40)(H,43,44)/t18-,22-,24+/m0/s1. The molecule has 0 aromatic heterocycles. The van der Waals surface area contributed by atoms with Crippen LogP contribution in [0.4, 0.5) is 0 Å². The van der Waals surface area contributed by atoms with E-state index in [1.807, 2.05) is 7.05 Å². The molecule has 44 heavy (non-hydrogen) atoms. The van der Waals surface area contributed by atoms with E-state index in [-0.39, 0.29) is 23.6 Å². The maximum atomic E-state index is 13.2. The van der Waals surface area contributed by atoms with Gasteiger partial charge in [0.1, 0.15) is 12.1 Å². The van der Waals surface area contributed by atoms with E-state index in [4.69, 9.17) is 5.11 Å². The van der Waals surface area contributed by atoms with Gasteiger partial charge in [0.15, 0.2) is 0 Å². The summed E-state index contributed by atoms with van der Waals surface area (Å²) < 4.78 is 0. The lowest BCUT2D eigenvalue weighted by Crippen LogP contribution is -2.59. The molecule has 1 aromatic rings. The topological polar surface area (TPSA) is 194 Å². The van der Waals surface area contributed by atoms with Gasteiger partial charge in [0.25, 0.3) is 11.8 Å². The first-order chi connectivity index (χ1) is 20.4. The second-order valence-corrected chi connectivity index (χ2v) is 12.3. The van der Waals surface area contributed by atoms with Crippen molar-refractivity contribution in [2.75, 3.05) is 39.8 Å². The Morgan fingerprint density at radius 1 is 0.818 bits per heavy atom. The predicted octanol–water partition coefficient (Wildman–Crippen LogP) is -0.366. The molecular weight excluding hydrogens is 572 g/mol. The van der Waals surface area contributed by atoms with Gasteiger partial charge in [-0.3, -0.25) is 28.8 Å². The summed E-state index contributed by atoms with van der Waals surface area (Å²) in [5.74, 6) is -5.87. The molecule has 242 valence electrons. The van der Waals surface area contributed by atoms with Crippen molar-refractivity contribution < 1.29 is 38.7 Å². The zero-order chi connectivity index (χ0) is 33.4. The number of aromatic carboxylic acids is 1. The van der Waals surface area contributed by atoms with Gasteiger partial charge in [0.05, 0.1) is 18.2 Å². The van der Waals surface area contributed by atoms with E-state index in [2.05, 4.69) is 26.2 Å². The number of hydrogen-bond acceptors (Lipinski definition) is 8. The number of carboxylic acids is 1. The molecule has 5 N–H and O–H groups in total. The smallest absolute Gasteiger partial charge is 0.335 e. The van der Waals surface area contributed by atoms with Gasteiger partial charge in [-0.1, -0.05) is 34.6 Å². The Kier molecular flexibility index (Phi) is 12.6. The Hall–Kier alpha value is -4.33. The fraction of sp³-hybridized carbons (Fsp3) is 0.567. The molecular formula is C30H44N6O8. The number of nitrogens with zero attached hydrogens (tertiary/aromatic N) is 2. The molecule has 1 heterocycles. The molecule has 1 aliphatic rings. The van der Waals surface area contributed by atoms with Gasteiger partial charge in [0, 0.05) is 31.7 Å². The van der Waals surface area contributed by atoms with Crippen LogP contribution in [0.25, 0.3) is 0 Å². The van der Waals surface area contributed by atoms with Crippen LogP contribution in [0, 0.1) is 11.3 Å². The van der Waals surface area contributed by atoms with Crippen molar-refractivity contribution in [1.82, 2.24) is 31.1 Å². The third-order valence-electron chi connectivity index (χ3n) is 7.28. The minimum absolute atomic E-state index is 0.00121. The fourth-order valence-corrected chi connectivity index (χ4v) is 4.38. The highest BCUT2D eigenvalue weighted by molar-refractivity contribution is 6.38. The number of Topliss-reactive ketones (excluding diaryl/α,β-unsaturated/α-hetero) is 1. The van der Waals surface area contributed by atoms with Crippen LogP contribution in [0.2, 0.25) is 0 Å². The summed E-state index contributed by atoms with van der Waals surface area (Å²) in [5, 5.41) is 19.1. The van der Waals surface area contributed by atoms with Crippen molar-refractivity contribution in [2.24, 2.45) is 11.3 Å².